The summed E-state index contributed by atoms with van der Waals surface area (Å²) in [4.78, 5) is 20.8. The maximum absolute atomic E-state index is 12.9. The number of nitrogens with one attached hydrogen (secondary N) is 2. The third kappa shape index (κ3) is 7.72. The molecule has 1 aromatic rings. The molecule has 1 aromatic carbocycles. The minimum absolute atomic E-state index is 0.103. The SMILES string of the molecule is CCNC(=NCCCC(=O)NC1CC1)N1CCN(Cc2cccc(C(F)(F)F)c2)CC1. The van der Waals surface area contributed by atoms with Gasteiger partial charge in [0.05, 0.1) is 5.56 Å². The molecule has 172 valence electrons. The van der Waals surface area contributed by atoms with Gasteiger partial charge in [0.15, 0.2) is 5.96 Å². The molecule has 2 N–H and O–H groups in total. The van der Waals surface area contributed by atoms with Crippen LogP contribution < -0.4 is 10.6 Å². The summed E-state index contributed by atoms with van der Waals surface area (Å²) >= 11 is 0. The number of hydrogen-bond acceptors (Lipinski definition) is 3. The zero-order valence-electron chi connectivity index (χ0n) is 18.0. The average molecular weight is 440 g/mol. The Balaban J connectivity index is 1.45. The van der Waals surface area contributed by atoms with Crippen molar-refractivity contribution in [1.82, 2.24) is 20.4 Å². The van der Waals surface area contributed by atoms with Crippen LogP contribution in [0, 0.1) is 0 Å². The summed E-state index contributed by atoms with van der Waals surface area (Å²) in [6, 6.07) is 5.94. The van der Waals surface area contributed by atoms with Crippen molar-refractivity contribution >= 4 is 11.9 Å². The van der Waals surface area contributed by atoms with Crippen molar-refractivity contribution < 1.29 is 18.0 Å². The molecular weight excluding hydrogens is 407 g/mol. The molecular formula is C22H32F3N5O. The number of aliphatic imine (C=N–C) groups is 1. The lowest BCUT2D eigenvalue weighted by Gasteiger charge is -2.36. The van der Waals surface area contributed by atoms with Gasteiger partial charge >= 0.3 is 6.18 Å². The van der Waals surface area contributed by atoms with Crippen LogP contribution in [0.3, 0.4) is 0 Å². The van der Waals surface area contributed by atoms with E-state index in [1.807, 2.05) is 6.92 Å². The molecule has 0 atom stereocenters. The van der Waals surface area contributed by atoms with Crippen LogP contribution in [0.1, 0.15) is 43.7 Å². The summed E-state index contributed by atoms with van der Waals surface area (Å²) in [5.41, 5.74) is 0.0735. The van der Waals surface area contributed by atoms with Crippen LogP contribution in [0.25, 0.3) is 0 Å². The number of carbonyl (C=O) groups excluding carboxylic acids is 1. The first-order valence-corrected chi connectivity index (χ1v) is 11.1. The van der Waals surface area contributed by atoms with Crippen molar-refractivity contribution in [2.75, 3.05) is 39.3 Å². The van der Waals surface area contributed by atoms with Crippen molar-refractivity contribution in [3.63, 3.8) is 0 Å². The highest BCUT2D eigenvalue weighted by Crippen LogP contribution is 2.29. The summed E-state index contributed by atoms with van der Waals surface area (Å²) in [5.74, 6) is 0.940. The number of alkyl halides is 3. The Labute approximate surface area is 181 Å². The number of hydrogen-bond donors (Lipinski definition) is 2. The number of nitrogens with zero attached hydrogens (tertiary/aromatic N) is 3. The Hall–Kier alpha value is -2.29. The third-order valence-corrected chi connectivity index (χ3v) is 5.43. The van der Waals surface area contributed by atoms with Crippen LogP contribution in [0.5, 0.6) is 0 Å². The molecule has 0 spiro atoms. The molecule has 0 aromatic heterocycles. The molecule has 6 nitrogen and oxygen atoms in total. The number of halogens is 3. The van der Waals surface area contributed by atoms with Crippen LogP contribution in [0.2, 0.25) is 0 Å². The van der Waals surface area contributed by atoms with Gasteiger partial charge in [-0.05, 0) is 37.8 Å². The second kappa shape index (κ2) is 10.8. The van der Waals surface area contributed by atoms with Crippen LogP contribution in [0.15, 0.2) is 29.3 Å². The molecule has 2 aliphatic rings. The molecule has 1 aliphatic heterocycles. The summed E-state index contributed by atoms with van der Waals surface area (Å²) in [7, 11) is 0. The maximum Gasteiger partial charge on any atom is 0.416 e. The largest absolute Gasteiger partial charge is 0.416 e. The third-order valence-electron chi connectivity index (χ3n) is 5.43. The molecule has 2 fully saturated rings. The smallest absolute Gasteiger partial charge is 0.357 e. The number of rotatable bonds is 8. The standard InChI is InChI=1S/C22H32F3N5O/c1-2-26-21(27-10-4-7-20(31)28-19-8-9-19)30-13-11-29(12-14-30)16-17-5-3-6-18(15-17)22(23,24)25/h3,5-6,15,19H,2,4,7-14,16H2,1H3,(H,26,27)(H,28,31). The van der Waals surface area contributed by atoms with E-state index < -0.39 is 11.7 Å². The van der Waals surface area contributed by atoms with E-state index in [2.05, 4.69) is 25.4 Å². The summed E-state index contributed by atoms with van der Waals surface area (Å²) < 4.78 is 38.8. The zero-order chi connectivity index (χ0) is 22.3. The lowest BCUT2D eigenvalue weighted by molar-refractivity contribution is -0.137. The van der Waals surface area contributed by atoms with Gasteiger partial charge in [0.2, 0.25) is 5.91 Å². The van der Waals surface area contributed by atoms with E-state index in [4.69, 9.17) is 0 Å². The predicted octanol–water partition coefficient (Wildman–Crippen LogP) is 2.85. The Morgan fingerprint density at radius 1 is 1.19 bits per heavy atom. The van der Waals surface area contributed by atoms with Crippen LogP contribution >= 0.6 is 0 Å². The van der Waals surface area contributed by atoms with Crippen molar-refractivity contribution in [3.8, 4) is 0 Å². The highest BCUT2D eigenvalue weighted by atomic mass is 19.4. The van der Waals surface area contributed by atoms with Crippen LogP contribution in [-0.4, -0.2) is 67.0 Å². The van der Waals surface area contributed by atoms with E-state index >= 15 is 0 Å². The summed E-state index contributed by atoms with van der Waals surface area (Å²) in [6.45, 7) is 6.88. The molecule has 0 bridgehead atoms. The number of guanidine groups is 1. The number of carbonyl (C=O) groups is 1. The van der Waals surface area contributed by atoms with Gasteiger partial charge in [-0.1, -0.05) is 18.2 Å². The van der Waals surface area contributed by atoms with E-state index in [9.17, 15) is 18.0 Å². The Bertz CT molecular complexity index is 756. The molecule has 31 heavy (non-hydrogen) atoms. The second-order valence-corrected chi connectivity index (χ2v) is 8.14. The first-order valence-electron chi connectivity index (χ1n) is 11.1. The van der Waals surface area contributed by atoms with E-state index in [0.717, 1.165) is 57.6 Å². The Kier molecular flexibility index (Phi) is 8.17. The van der Waals surface area contributed by atoms with Gasteiger partial charge in [-0.25, -0.2) is 0 Å². The average Bonchev–Trinajstić information content (AvgIpc) is 3.54. The normalized spacial score (nSPS) is 18.2. The summed E-state index contributed by atoms with van der Waals surface area (Å²) in [5, 5.41) is 6.29. The lowest BCUT2D eigenvalue weighted by atomic mass is 10.1. The van der Waals surface area contributed by atoms with Gasteiger partial charge in [0.25, 0.3) is 0 Å². The van der Waals surface area contributed by atoms with Gasteiger partial charge in [-0.3, -0.25) is 14.7 Å². The Morgan fingerprint density at radius 3 is 2.58 bits per heavy atom. The number of amides is 1. The topological polar surface area (TPSA) is 60.0 Å². The van der Waals surface area contributed by atoms with E-state index in [1.54, 1.807) is 6.07 Å². The molecule has 1 saturated carbocycles. The van der Waals surface area contributed by atoms with Gasteiger partial charge in [-0.2, -0.15) is 13.2 Å². The van der Waals surface area contributed by atoms with Crippen LogP contribution in [-0.2, 0) is 17.5 Å². The second-order valence-electron chi connectivity index (χ2n) is 8.14. The molecule has 1 saturated heterocycles. The van der Waals surface area contributed by atoms with E-state index in [1.165, 1.54) is 12.1 Å². The fraction of sp³-hybridized carbons (Fsp3) is 0.636. The molecule has 1 aliphatic carbocycles. The molecule has 1 heterocycles. The highest BCUT2D eigenvalue weighted by Gasteiger charge is 2.30. The lowest BCUT2D eigenvalue weighted by Crippen LogP contribution is -2.52. The molecule has 0 unspecified atom stereocenters. The molecule has 1 amide bonds. The van der Waals surface area contributed by atoms with E-state index in [0.29, 0.717) is 37.5 Å². The van der Waals surface area contributed by atoms with Gasteiger partial charge in [0.1, 0.15) is 0 Å². The van der Waals surface area contributed by atoms with Gasteiger partial charge in [-0.15, -0.1) is 0 Å². The monoisotopic (exact) mass is 439 g/mol. The number of benzene rings is 1. The van der Waals surface area contributed by atoms with Gasteiger partial charge in [0, 0.05) is 58.3 Å². The van der Waals surface area contributed by atoms with Crippen molar-refractivity contribution in [3.05, 3.63) is 35.4 Å². The minimum atomic E-state index is -4.32. The Morgan fingerprint density at radius 2 is 1.94 bits per heavy atom. The van der Waals surface area contributed by atoms with E-state index in [-0.39, 0.29) is 5.91 Å². The van der Waals surface area contributed by atoms with Crippen molar-refractivity contribution in [1.29, 1.82) is 0 Å². The molecule has 9 heteroatoms. The predicted molar refractivity (Wildman–Crippen MR) is 115 cm³/mol. The molecule has 0 radical (unpaired) electrons. The zero-order valence-corrected chi connectivity index (χ0v) is 18.0. The first-order chi connectivity index (χ1) is 14.8. The highest BCUT2D eigenvalue weighted by molar-refractivity contribution is 5.80. The van der Waals surface area contributed by atoms with Crippen molar-refractivity contribution in [2.45, 2.75) is 51.4 Å². The van der Waals surface area contributed by atoms with Crippen LogP contribution in [0.4, 0.5) is 13.2 Å². The quantitative estimate of drug-likeness (QED) is 0.372. The van der Waals surface area contributed by atoms with Crippen molar-refractivity contribution in [2.24, 2.45) is 4.99 Å². The summed E-state index contributed by atoms with van der Waals surface area (Å²) in [6.07, 6.45) is -0.931. The maximum atomic E-state index is 12.9. The molecule has 3 rings (SSSR count). The fourth-order valence-corrected chi connectivity index (χ4v) is 3.60. The first kappa shape index (κ1) is 23.4. The minimum Gasteiger partial charge on any atom is -0.357 e. The number of piperazine rings is 1. The van der Waals surface area contributed by atoms with Gasteiger partial charge < -0.3 is 15.5 Å². The fourth-order valence-electron chi connectivity index (χ4n) is 3.60.